The molecule has 1 amide bonds. The molecule has 8 nitrogen and oxygen atoms in total. The summed E-state index contributed by atoms with van der Waals surface area (Å²) in [5, 5.41) is 14.5. The van der Waals surface area contributed by atoms with E-state index in [1.165, 1.54) is 30.6 Å². The first-order valence-electron chi connectivity index (χ1n) is 9.19. The summed E-state index contributed by atoms with van der Waals surface area (Å²) in [6, 6.07) is 10.4. The van der Waals surface area contributed by atoms with Crippen LogP contribution in [-0.2, 0) is 0 Å². The van der Waals surface area contributed by atoms with Crippen molar-refractivity contribution in [3.63, 3.8) is 0 Å². The van der Waals surface area contributed by atoms with Gasteiger partial charge in [0.15, 0.2) is 16.6 Å². The molecule has 3 aromatic rings. The van der Waals surface area contributed by atoms with Crippen LogP contribution in [0.1, 0.15) is 27.7 Å². The molecular weight excluding hydrogens is 406 g/mol. The van der Waals surface area contributed by atoms with Crippen LogP contribution in [0.5, 0.6) is 11.5 Å². The van der Waals surface area contributed by atoms with E-state index in [4.69, 9.17) is 9.47 Å². The van der Waals surface area contributed by atoms with E-state index in [1.54, 1.807) is 6.92 Å². The summed E-state index contributed by atoms with van der Waals surface area (Å²) in [4.78, 5) is 29.2. The first-order valence-corrected chi connectivity index (χ1v) is 10.0. The van der Waals surface area contributed by atoms with Crippen molar-refractivity contribution in [1.29, 1.82) is 0 Å². The van der Waals surface area contributed by atoms with Gasteiger partial charge in [0.05, 0.1) is 30.4 Å². The van der Waals surface area contributed by atoms with Crippen molar-refractivity contribution in [1.82, 2.24) is 4.98 Å². The topological polar surface area (TPSA) is 104 Å². The molecule has 156 valence electrons. The van der Waals surface area contributed by atoms with Gasteiger partial charge in [0, 0.05) is 16.5 Å². The van der Waals surface area contributed by atoms with Crippen LogP contribution >= 0.6 is 11.3 Å². The summed E-state index contributed by atoms with van der Waals surface area (Å²) in [5.41, 5.74) is 2.32. The molecule has 0 atom stereocenters. The van der Waals surface area contributed by atoms with Gasteiger partial charge in [0.2, 0.25) is 0 Å². The molecule has 1 N–H and O–H groups in total. The first kappa shape index (κ1) is 21.3. The second kappa shape index (κ2) is 8.91. The highest BCUT2D eigenvalue weighted by Crippen LogP contribution is 2.36. The van der Waals surface area contributed by atoms with Gasteiger partial charge in [-0.1, -0.05) is 29.8 Å². The fourth-order valence-corrected chi connectivity index (χ4v) is 3.73. The maximum Gasteiger partial charge on any atom is 0.286 e. The minimum atomic E-state index is -0.644. The highest BCUT2D eigenvalue weighted by Gasteiger charge is 2.25. The van der Waals surface area contributed by atoms with Gasteiger partial charge in [-0.25, -0.2) is 4.98 Å². The van der Waals surface area contributed by atoms with E-state index in [9.17, 15) is 14.9 Å². The lowest BCUT2D eigenvalue weighted by molar-refractivity contribution is -0.385. The number of hydrogen-bond acceptors (Lipinski definition) is 7. The zero-order chi connectivity index (χ0) is 21.8. The normalized spacial score (nSPS) is 10.5. The van der Waals surface area contributed by atoms with Crippen LogP contribution in [0.25, 0.3) is 11.3 Å². The number of nitrogens with one attached hydrogen (secondary N) is 1. The Morgan fingerprint density at radius 1 is 1.20 bits per heavy atom. The number of amides is 1. The smallest absolute Gasteiger partial charge is 0.286 e. The molecule has 0 saturated carbocycles. The van der Waals surface area contributed by atoms with Gasteiger partial charge in [-0.2, -0.15) is 0 Å². The van der Waals surface area contributed by atoms with Gasteiger partial charge in [0.25, 0.3) is 11.6 Å². The number of nitrogens with zero attached hydrogens (tertiary/aromatic N) is 2. The minimum absolute atomic E-state index is 0.131. The lowest BCUT2D eigenvalue weighted by atomic mass is 10.1. The Kier molecular flexibility index (Phi) is 6.31. The largest absolute Gasteiger partial charge is 0.493 e. The molecule has 0 fully saturated rings. The molecule has 1 heterocycles. The number of aromatic nitrogens is 1. The predicted molar refractivity (Wildman–Crippen MR) is 116 cm³/mol. The molecule has 3 rings (SSSR count). The SMILES string of the molecule is CCOc1cc(C(=O)Nc2nc(-c3ccc(C)cc3)c(C)s2)c([N+](=O)[O-])cc1OC. The number of aryl methyl sites for hydroxylation is 2. The molecular formula is C21H21N3O5S. The zero-order valence-corrected chi connectivity index (χ0v) is 17.8. The minimum Gasteiger partial charge on any atom is -0.493 e. The van der Waals surface area contributed by atoms with Crippen LogP contribution in [0.2, 0.25) is 0 Å². The molecule has 0 unspecified atom stereocenters. The van der Waals surface area contributed by atoms with Crippen molar-refractivity contribution >= 4 is 28.1 Å². The number of nitro groups is 1. The number of hydrogen-bond donors (Lipinski definition) is 1. The van der Waals surface area contributed by atoms with Crippen LogP contribution in [-0.4, -0.2) is 29.5 Å². The summed E-state index contributed by atoms with van der Waals surface area (Å²) >= 11 is 1.30. The Labute approximate surface area is 177 Å². The van der Waals surface area contributed by atoms with Crippen LogP contribution in [0.3, 0.4) is 0 Å². The highest BCUT2D eigenvalue weighted by atomic mass is 32.1. The zero-order valence-electron chi connectivity index (χ0n) is 17.0. The molecule has 1 aromatic heterocycles. The lowest BCUT2D eigenvalue weighted by Gasteiger charge is -2.11. The summed E-state index contributed by atoms with van der Waals surface area (Å²) in [7, 11) is 1.38. The van der Waals surface area contributed by atoms with Crippen molar-refractivity contribution in [2.75, 3.05) is 19.0 Å². The van der Waals surface area contributed by atoms with E-state index in [2.05, 4.69) is 10.3 Å². The van der Waals surface area contributed by atoms with Gasteiger partial charge in [-0.05, 0) is 20.8 Å². The van der Waals surface area contributed by atoms with Gasteiger partial charge in [-0.15, -0.1) is 11.3 Å². The number of nitro benzene ring substituents is 1. The third-order valence-corrected chi connectivity index (χ3v) is 5.25. The summed E-state index contributed by atoms with van der Waals surface area (Å²) in [5.74, 6) is -0.201. The number of rotatable bonds is 7. The van der Waals surface area contributed by atoms with E-state index >= 15 is 0 Å². The Balaban J connectivity index is 1.94. The number of methoxy groups -OCH3 is 1. The Morgan fingerprint density at radius 3 is 2.50 bits per heavy atom. The van der Waals surface area contributed by atoms with Crippen LogP contribution in [0, 0.1) is 24.0 Å². The van der Waals surface area contributed by atoms with Gasteiger partial charge in [-0.3, -0.25) is 20.2 Å². The predicted octanol–water partition coefficient (Wildman–Crippen LogP) is 4.99. The Morgan fingerprint density at radius 2 is 1.90 bits per heavy atom. The van der Waals surface area contributed by atoms with Gasteiger partial charge >= 0.3 is 0 Å². The van der Waals surface area contributed by atoms with E-state index < -0.39 is 10.8 Å². The average molecular weight is 427 g/mol. The monoisotopic (exact) mass is 427 g/mol. The fraction of sp³-hybridized carbons (Fsp3) is 0.238. The number of carbonyl (C=O) groups excluding carboxylic acids is 1. The van der Waals surface area contributed by atoms with Crippen molar-refractivity contribution in [3.05, 3.63) is 62.5 Å². The molecule has 0 aliphatic rings. The molecule has 0 spiro atoms. The van der Waals surface area contributed by atoms with Gasteiger partial charge < -0.3 is 9.47 Å². The van der Waals surface area contributed by atoms with E-state index in [0.717, 1.165) is 21.7 Å². The molecule has 0 aliphatic heterocycles. The van der Waals surface area contributed by atoms with Crippen molar-refractivity contribution in [3.8, 4) is 22.8 Å². The highest BCUT2D eigenvalue weighted by molar-refractivity contribution is 7.16. The van der Waals surface area contributed by atoms with Crippen LogP contribution in [0.15, 0.2) is 36.4 Å². The Hall–Kier alpha value is -3.46. The summed E-state index contributed by atoms with van der Waals surface area (Å²) in [6.07, 6.45) is 0. The van der Waals surface area contributed by atoms with Crippen LogP contribution < -0.4 is 14.8 Å². The summed E-state index contributed by atoms with van der Waals surface area (Å²) in [6.45, 7) is 6.00. The number of anilines is 1. The average Bonchev–Trinajstić information content (AvgIpc) is 3.08. The van der Waals surface area contributed by atoms with E-state index in [0.29, 0.717) is 11.7 Å². The molecule has 9 heteroatoms. The van der Waals surface area contributed by atoms with Gasteiger partial charge in [0.1, 0.15) is 5.56 Å². The molecule has 0 saturated heterocycles. The number of ether oxygens (including phenoxy) is 2. The number of thiazole rings is 1. The quantitative estimate of drug-likeness (QED) is 0.421. The maximum absolute atomic E-state index is 12.9. The molecule has 30 heavy (non-hydrogen) atoms. The van der Waals surface area contributed by atoms with Crippen molar-refractivity contribution in [2.45, 2.75) is 20.8 Å². The van der Waals surface area contributed by atoms with E-state index in [1.807, 2.05) is 38.1 Å². The molecule has 0 radical (unpaired) electrons. The molecule has 0 aliphatic carbocycles. The maximum atomic E-state index is 12.9. The third kappa shape index (κ3) is 4.41. The lowest BCUT2D eigenvalue weighted by Crippen LogP contribution is -2.14. The molecule has 0 bridgehead atoms. The summed E-state index contributed by atoms with van der Waals surface area (Å²) < 4.78 is 10.6. The number of carbonyl (C=O) groups is 1. The second-order valence-electron chi connectivity index (χ2n) is 6.45. The second-order valence-corrected chi connectivity index (χ2v) is 7.66. The number of benzene rings is 2. The Bertz CT molecular complexity index is 1090. The van der Waals surface area contributed by atoms with E-state index in [-0.39, 0.29) is 22.7 Å². The fourth-order valence-electron chi connectivity index (χ4n) is 2.90. The van der Waals surface area contributed by atoms with Crippen molar-refractivity contribution in [2.24, 2.45) is 0 Å². The standard InChI is InChI=1S/C21H21N3O5S/c1-5-29-18-10-15(16(24(26)27)11-17(18)28-4)20(25)23-21-22-19(13(3)30-21)14-8-6-12(2)7-9-14/h6-11H,5H2,1-4H3,(H,22,23,25). The van der Waals surface area contributed by atoms with Crippen molar-refractivity contribution < 1.29 is 19.2 Å². The third-order valence-electron chi connectivity index (χ3n) is 4.37. The van der Waals surface area contributed by atoms with Crippen LogP contribution in [0.4, 0.5) is 10.8 Å². The molecule has 2 aromatic carbocycles. The first-order chi connectivity index (χ1) is 14.3.